The Morgan fingerprint density at radius 2 is 1.76 bits per heavy atom. The van der Waals surface area contributed by atoms with Gasteiger partial charge >= 0.3 is 12.1 Å². The highest BCUT2D eigenvalue weighted by molar-refractivity contribution is 5.82. The van der Waals surface area contributed by atoms with Crippen molar-refractivity contribution in [3.8, 4) is 5.75 Å². The second kappa shape index (κ2) is 7.25. The van der Waals surface area contributed by atoms with Crippen LogP contribution in [0.5, 0.6) is 5.75 Å². The number of hydrogen-bond acceptors (Lipinski definition) is 5. The van der Waals surface area contributed by atoms with Crippen molar-refractivity contribution >= 4 is 12.1 Å². The molecule has 2 rings (SSSR count). The third-order valence-electron chi connectivity index (χ3n) is 3.50. The summed E-state index contributed by atoms with van der Waals surface area (Å²) in [6, 6.07) is 1.91. The number of amides is 1. The number of halogens is 2. The summed E-state index contributed by atoms with van der Waals surface area (Å²) in [5.74, 6) is -2.18. The first kappa shape index (κ1) is 19.0. The van der Waals surface area contributed by atoms with Crippen molar-refractivity contribution in [2.45, 2.75) is 44.9 Å². The van der Waals surface area contributed by atoms with E-state index in [0.29, 0.717) is 0 Å². The third kappa shape index (κ3) is 5.04. The molecule has 1 aromatic rings. The molecule has 0 aromatic heterocycles. The molecule has 1 aliphatic rings. The maximum atomic E-state index is 13.3. The lowest BCUT2D eigenvalue weighted by atomic mass is 10.2. The van der Waals surface area contributed by atoms with Crippen LogP contribution in [0.2, 0.25) is 0 Å². The summed E-state index contributed by atoms with van der Waals surface area (Å²) in [4.78, 5) is 25.5. The second-order valence-electron chi connectivity index (χ2n) is 6.75. The van der Waals surface area contributed by atoms with E-state index >= 15 is 0 Å². The zero-order valence-corrected chi connectivity index (χ0v) is 14.5. The van der Waals surface area contributed by atoms with E-state index < -0.39 is 41.4 Å². The SMILES string of the molecule is COC(=O)[C@@H]1C[C@@H](Oc2cc(F)cc(F)c2)CN1C(=O)OC(C)(C)C. The van der Waals surface area contributed by atoms with Gasteiger partial charge in [0.15, 0.2) is 0 Å². The smallest absolute Gasteiger partial charge is 0.411 e. The van der Waals surface area contributed by atoms with Gasteiger partial charge in [-0.05, 0) is 20.8 Å². The summed E-state index contributed by atoms with van der Waals surface area (Å²) >= 11 is 0. The largest absolute Gasteiger partial charge is 0.488 e. The van der Waals surface area contributed by atoms with Gasteiger partial charge in [-0.2, -0.15) is 0 Å². The van der Waals surface area contributed by atoms with E-state index in [1.54, 1.807) is 20.8 Å². The second-order valence-corrected chi connectivity index (χ2v) is 6.75. The van der Waals surface area contributed by atoms with Crippen LogP contribution in [0.3, 0.4) is 0 Å². The summed E-state index contributed by atoms with van der Waals surface area (Å²) < 4.78 is 42.1. The van der Waals surface area contributed by atoms with E-state index in [2.05, 4.69) is 0 Å². The molecule has 1 aliphatic heterocycles. The zero-order valence-electron chi connectivity index (χ0n) is 14.5. The van der Waals surface area contributed by atoms with Gasteiger partial charge in [-0.15, -0.1) is 0 Å². The first-order valence-corrected chi connectivity index (χ1v) is 7.79. The number of carbonyl (C=O) groups is 2. The Hall–Kier alpha value is -2.38. The molecule has 2 atom stereocenters. The number of rotatable bonds is 3. The number of benzene rings is 1. The van der Waals surface area contributed by atoms with Gasteiger partial charge in [0.25, 0.3) is 0 Å². The molecule has 0 N–H and O–H groups in total. The van der Waals surface area contributed by atoms with Gasteiger partial charge in [-0.3, -0.25) is 4.90 Å². The molecule has 25 heavy (non-hydrogen) atoms. The van der Waals surface area contributed by atoms with Crippen molar-refractivity contribution in [2.75, 3.05) is 13.7 Å². The standard InChI is InChI=1S/C17H21F2NO5/c1-17(2,3)25-16(22)20-9-13(8-14(20)15(21)23-4)24-12-6-10(18)5-11(19)7-12/h5-7,13-14H,8-9H2,1-4H3/t13-,14+/m1/s1. The molecular formula is C17H21F2NO5. The molecule has 1 aromatic carbocycles. The van der Waals surface area contributed by atoms with Crippen molar-refractivity contribution in [1.82, 2.24) is 4.90 Å². The highest BCUT2D eigenvalue weighted by Crippen LogP contribution is 2.26. The van der Waals surface area contributed by atoms with Gasteiger partial charge in [0.05, 0.1) is 13.7 Å². The molecule has 0 bridgehead atoms. The summed E-state index contributed by atoms with van der Waals surface area (Å²) in [7, 11) is 1.21. The van der Waals surface area contributed by atoms with Crippen molar-refractivity contribution < 1.29 is 32.6 Å². The molecule has 1 amide bonds. The molecule has 0 saturated carbocycles. The number of carbonyl (C=O) groups excluding carboxylic acids is 2. The first-order valence-electron chi connectivity index (χ1n) is 7.79. The molecular weight excluding hydrogens is 336 g/mol. The lowest BCUT2D eigenvalue weighted by molar-refractivity contribution is -0.145. The Morgan fingerprint density at radius 1 is 1.16 bits per heavy atom. The van der Waals surface area contributed by atoms with E-state index in [4.69, 9.17) is 14.2 Å². The number of likely N-dealkylation sites (tertiary alicyclic amines) is 1. The molecule has 6 nitrogen and oxygen atoms in total. The van der Waals surface area contributed by atoms with Crippen LogP contribution in [0.15, 0.2) is 18.2 Å². The van der Waals surface area contributed by atoms with Crippen LogP contribution in [0.4, 0.5) is 13.6 Å². The van der Waals surface area contributed by atoms with Crippen LogP contribution < -0.4 is 4.74 Å². The van der Waals surface area contributed by atoms with Crippen LogP contribution in [0.1, 0.15) is 27.2 Å². The normalized spacial score (nSPS) is 20.3. The molecule has 0 spiro atoms. The summed E-state index contributed by atoms with van der Waals surface area (Å²) in [5.41, 5.74) is -0.734. The number of nitrogens with zero attached hydrogens (tertiary/aromatic N) is 1. The number of ether oxygens (including phenoxy) is 3. The summed E-state index contributed by atoms with van der Waals surface area (Å²) in [5, 5.41) is 0. The lowest BCUT2D eigenvalue weighted by Crippen LogP contribution is -2.44. The highest BCUT2D eigenvalue weighted by Gasteiger charge is 2.43. The Labute approximate surface area is 144 Å². The minimum Gasteiger partial charge on any atom is -0.488 e. The van der Waals surface area contributed by atoms with Crippen molar-refractivity contribution in [2.24, 2.45) is 0 Å². The van der Waals surface area contributed by atoms with E-state index in [1.165, 1.54) is 12.0 Å². The minimum atomic E-state index is -0.886. The molecule has 1 saturated heterocycles. The molecule has 8 heteroatoms. The van der Waals surface area contributed by atoms with E-state index in [9.17, 15) is 18.4 Å². The van der Waals surface area contributed by atoms with E-state index in [1.807, 2.05) is 0 Å². The van der Waals surface area contributed by atoms with Crippen molar-refractivity contribution in [1.29, 1.82) is 0 Å². The number of esters is 1. The molecule has 0 aliphatic carbocycles. The molecule has 1 heterocycles. The van der Waals surface area contributed by atoms with Crippen molar-refractivity contribution in [3.63, 3.8) is 0 Å². The Morgan fingerprint density at radius 3 is 2.28 bits per heavy atom. The minimum absolute atomic E-state index is 0.0165. The number of hydrogen-bond donors (Lipinski definition) is 0. The van der Waals surface area contributed by atoms with Gasteiger partial charge in [-0.25, -0.2) is 18.4 Å². The number of methoxy groups -OCH3 is 1. The Balaban J connectivity index is 2.14. The van der Waals surface area contributed by atoms with Gasteiger partial charge < -0.3 is 14.2 Å². The van der Waals surface area contributed by atoms with Crippen molar-refractivity contribution in [3.05, 3.63) is 29.8 Å². The van der Waals surface area contributed by atoms with E-state index in [-0.39, 0.29) is 18.7 Å². The average Bonchev–Trinajstić information content (AvgIpc) is 2.87. The van der Waals surface area contributed by atoms with Crippen LogP contribution >= 0.6 is 0 Å². The van der Waals surface area contributed by atoms with Gasteiger partial charge in [0.2, 0.25) is 0 Å². The first-order chi connectivity index (χ1) is 11.6. The fourth-order valence-electron chi connectivity index (χ4n) is 2.55. The topological polar surface area (TPSA) is 65.1 Å². The van der Waals surface area contributed by atoms with Crippen LogP contribution in [-0.2, 0) is 14.3 Å². The predicted molar refractivity (Wildman–Crippen MR) is 84.1 cm³/mol. The average molecular weight is 357 g/mol. The third-order valence-corrected chi connectivity index (χ3v) is 3.50. The molecule has 0 radical (unpaired) electrons. The maximum absolute atomic E-state index is 13.3. The molecule has 1 fully saturated rings. The van der Waals surface area contributed by atoms with Crippen LogP contribution in [-0.4, -0.2) is 48.4 Å². The van der Waals surface area contributed by atoms with Gasteiger partial charge in [0.1, 0.15) is 35.1 Å². The van der Waals surface area contributed by atoms with Crippen LogP contribution in [0, 0.1) is 11.6 Å². The maximum Gasteiger partial charge on any atom is 0.411 e. The van der Waals surface area contributed by atoms with Gasteiger partial charge in [-0.1, -0.05) is 0 Å². The fraction of sp³-hybridized carbons (Fsp3) is 0.529. The summed E-state index contributed by atoms with van der Waals surface area (Å²) in [6.07, 6.45) is -1.18. The lowest BCUT2D eigenvalue weighted by Gasteiger charge is -2.27. The van der Waals surface area contributed by atoms with Crippen LogP contribution in [0.25, 0.3) is 0 Å². The zero-order chi connectivity index (χ0) is 18.8. The quantitative estimate of drug-likeness (QED) is 0.779. The predicted octanol–water partition coefficient (Wildman–Crippen LogP) is 2.89. The van der Waals surface area contributed by atoms with Gasteiger partial charge in [0, 0.05) is 24.6 Å². The van der Waals surface area contributed by atoms with E-state index in [0.717, 1.165) is 18.2 Å². The Bertz CT molecular complexity index is 639. The monoisotopic (exact) mass is 357 g/mol. The molecule has 0 unspecified atom stereocenters. The molecule has 138 valence electrons. The fourth-order valence-corrected chi connectivity index (χ4v) is 2.55. The Kier molecular flexibility index (Phi) is 5.49. The highest BCUT2D eigenvalue weighted by atomic mass is 19.1. The summed E-state index contributed by atoms with van der Waals surface area (Å²) in [6.45, 7) is 5.15.